The van der Waals surface area contributed by atoms with Crippen molar-refractivity contribution < 1.29 is 71.5 Å². The predicted molar refractivity (Wildman–Crippen MR) is 371 cm³/mol. The number of carbonyl (C=O) groups is 9. The summed E-state index contributed by atoms with van der Waals surface area (Å²) in [6.45, 7) is 11.6. The zero-order valence-electron chi connectivity index (χ0n) is 55.7. The number of thiocarbonyl (C=S) groups is 1. The maximum Gasteiger partial charge on any atom is 0.524 e. The van der Waals surface area contributed by atoms with Crippen molar-refractivity contribution in [3.05, 3.63) is 76.6 Å². The lowest BCUT2D eigenvalue weighted by molar-refractivity contribution is -0.205. The summed E-state index contributed by atoms with van der Waals surface area (Å²) in [6, 6.07) is 8.19. The Bertz CT molecular complexity index is 3930. The van der Waals surface area contributed by atoms with Gasteiger partial charge in [0.1, 0.15) is 12.4 Å². The molecule has 97 heavy (non-hydrogen) atoms. The number of Topliss-reactive ketones (excluding diaryl/α,β-unsaturated/α-hetero) is 2. The van der Waals surface area contributed by atoms with E-state index in [4.69, 9.17) is 55.2 Å². The van der Waals surface area contributed by atoms with Crippen LogP contribution in [0.2, 0.25) is 0 Å². The summed E-state index contributed by atoms with van der Waals surface area (Å²) < 4.78 is 29.3. The number of H-pyrrole nitrogens is 2. The molecule has 10 N–H and O–H groups in total. The molecule has 30 heteroatoms. The van der Waals surface area contributed by atoms with E-state index in [2.05, 4.69) is 31.2 Å². The van der Waals surface area contributed by atoms with Crippen molar-refractivity contribution in [1.29, 1.82) is 0 Å². The molecule has 5 aromatic rings. The van der Waals surface area contributed by atoms with Crippen LogP contribution in [0.25, 0.3) is 21.8 Å². The Morgan fingerprint density at radius 3 is 1.80 bits per heavy atom. The number of aromatic amines is 2. The van der Waals surface area contributed by atoms with E-state index in [0.717, 1.165) is 27.6 Å². The van der Waals surface area contributed by atoms with Gasteiger partial charge >= 0.3 is 19.9 Å². The lowest BCUT2D eigenvalue weighted by atomic mass is 9.34. The Hall–Kier alpha value is -7.81. The molecule has 8 amide bonds. The zero-order chi connectivity index (χ0) is 70.6. The number of aryl methyl sites for hydroxylation is 2. The Morgan fingerprint density at radius 1 is 0.753 bits per heavy atom. The number of amides is 8. The number of alkyl halides is 2. The normalized spacial score (nSPS) is 19.2. The number of halogens is 2. The standard InChI is InChI=1S/C67H86Cl2N11O15PS/c1-36(2)56(76-60(85)42(22-39(5)81)12-9-10-18-71-40(6)82)49(83)23-43(13-11-19-72-63(70)88)59(84)75-46-16-14-41(15-17-46)32-93-64(89)77(7)20-21-78(8)65(97)94-50-24-47-54(52-37(3)28-73-57(50)52)44(26-68)30-79(47)61(86)66-33-67(34-66,35-66)62(87)80-31-45(27-69)55-48(80)25-51(95-96(90,91)92)58-53(55)38(4)29-74-58/h14-17,24-25,28-29,36,42-45,56,73-74H,9-13,18-23,26-27,30-35H2,1-8H3,(H,71,82)(H,75,84)(H,76,85)(H3,70,72,88)(H2,90,91,92)/t42-,43-,44-,45-,56+,66?,67?/m1/s1. The predicted octanol–water partition coefficient (Wildman–Crippen LogP) is 8.82. The fourth-order valence-corrected chi connectivity index (χ4v) is 15.3. The fourth-order valence-electron chi connectivity index (χ4n) is 14.2. The first-order valence-electron chi connectivity index (χ1n) is 32.5. The van der Waals surface area contributed by atoms with Crippen molar-refractivity contribution in [3.63, 3.8) is 0 Å². The molecule has 10 rings (SSSR count). The number of rotatable bonds is 31. The van der Waals surface area contributed by atoms with Crippen LogP contribution in [0.3, 0.4) is 0 Å². The number of hydrogen-bond acceptors (Lipinski definition) is 14. The highest BCUT2D eigenvalue weighted by Gasteiger charge is 2.76. The highest BCUT2D eigenvalue weighted by Crippen LogP contribution is 2.75. The second-order valence-corrected chi connectivity index (χ2v) is 29.0. The quantitative estimate of drug-likeness (QED) is 0.00865. The van der Waals surface area contributed by atoms with Crippen LogP contribution in [0.5, 0.6) is 11.5 Å². The molecule has 3 aliphatic carbocycles. The third kappa shape index (κ3) is 16.3. The average molecular weight is 1420 g/mol. The number of anilines is 3. The van der Waals surface area contributed by atoms with Crippen LogP contribution in [0.1, 0.15) is 132 Å². The van der Waals surface area contributed by atoms with Crippen LogP contribution in [0, 0.1) is 42.4 Å². The monoisotopic (exact) mass is 1420 g/mol. The van der Waals surface area contributed by atoms with Gasteiger partial charge in [0.25, 0.3) is 5.17 Å². The maximum atomic E-state index is 15.0. The maximum absolute atomic E-state index is 15.0. The van der Waals surface area contributed by atoms with Gasteiger partial charge in [-0.3, -0.25) is 38.6 Å². The average Bonchev–Trinajstić information content (AvgIpc) is 1.11. The van der Waals surface area contributed by atoms with Crippen molar-refractivity contribution in [1.82, 2.24) is 35.7 Å². The Labute approximate surface area is 577 Å². The highest BCUT2D eigenvalue weighted by molar-refractivity contribution is 7.80. The van der Waals surface area contributed by atoms with Crippen molar-refractivity contribution in [2.45, 2.75) is 130 Å². The molecule has 0 unspecified atom stereocenters. The van der Waals surface area contributed by atoms with Crippen molar-refractivity contribution in [2.24, 2.45) is 34.3 Å². The van der Waals surface area contributed by atoms with E-state index < -0.39 is 60.5 Å². The molecule has 26 nitrogen and oxygen atoms in total. The van der Waals surface area contributed by atoms with Crippen LogP contribution in [0.15, 0.2) is 48.8 Å². The number of urea groups is 1. The molecule has 5 atom stereocenters. The molecular formula is C67H86Cl2N11O15PS. The number of benzene rings is 3. The number of fused-ring (bicyclic) bond motifs is 6. The van der Waals surface area contributed by atoms with E-state index in [9.17, 15) is 57.5 Å². The summed E-state index contributed by atoms with van der Waals surface area (Å²) >= 11 is 19.1. The molecule has 4 heterocycles. The lowest BCUT2D eigenvalue weighted by Crippen LogP contribution is -2.73. The van der Waals surface area contributed by atoms with Crippen LogP contribution >= 0.6 is 43.2 Å². The molecule has 0 spiro atoms. The molecule has 0 saturated heterocycles. The van der Waals surface area contributed by atoms with Gasteiger partial charge in [-0.1, -0.05) is 32.4 Å². The molecule has 2 aliphatic heterocycles. The Kier molecular flexibility index (Phi) is 23.1. The van der Waals surface area contributed by atoms with E-state index in [1.165, 1.54) is 24.8 Å². The first-order valence-corrected chi connectivity index (χ1v) is 35.5. The zero-order valence-corrected chi connectivity index (χ0v) is 58.9. The molecule has 3 fully saturated rings. The summed E-state index contributed by atoms with van der Waals surface area (Å²) in [7, 11) is -1.68. The molecule has 2 aromatic heterocycles. The van der Waals surface area contributed by atoms with Crippen molar-refractivity contribution in [2.75, 3.05) is 80.2 Å². The number of phosphoric ester groups is 1. The van der Waals surface area contributed by atoms with Gasteiger partial charge in [0, 0.05) is 150 Å². The summed E-state index contributed by atoms with van der Waals surface area (Å²) in [5.74, 6) is -3.68. The molecule has 0 radical (unpaired) electrons. The van der Waals surface area contributed by atoms with E-state index >= 15 is 0 Å². The number of hydrogen-bond donors (Lipinski definition) is 9. The number of carbonyl (C=O) groups excluding carboxylic acids is 9. The van der Waals surface area contributed by atoms with E-state index in [1.807, 2.05) is 20.0 Å². The Balaban J connectivity index is 0.781. The number of likely N-dealkylation sites (N-methyl/N-ethyl adjacent to an activating group) is 2. The largest absolute Gasteiger partial charge is 0.524 e. The van der Waals surface area contributed by atoms with Crippen molar-refractivity contribution in [3.8, 4) is 11.5 Å². The number of nitrogens with zero attached hydrogens (tertiary/aromatic N) is 4. The van der Waals surface area contributed by atoms with Crippen molar-refractivity contribution >= 4 is 141 Å². The fraction of sp³-hybridized carbons (Fsp3) is 0.522. The molecular weight excluding hydrogens is 1330 g/mol. The SMILES string of the molecule is CC(=O)C[C@@H](CCCCNC(C)=O)C(=O)N[C@H](C(=O)C[C@@H](CCCNC(N)=O)C(=O)Nc1ccc(COC(=O)N(C)CCN(C)C(=S)Oc2cc3c(c4c(C)c[nH]c24)[C@H](CCl)CN3C(=O)C23CC(C(=O)N4C[C@@H](CCl)c5c4cc(OP(=O)(O)O)c4[nH]cc(C)c54)(C2)C3)cc1)C(C)C. The van der Waals surface area contributed by atoms with Crippen LogP contribution < -0.4 is 46.1 Å². The second kappa shape index (κ2) is 30.5. The lowest BCUT2D eigenvalue weighted by Gasteiger charge is -2.69. The van der Waals surface area contributed by atoms with Gasteiger partial charge in [0.05, 0.1) is 39.3 Å². The van der Waals surface area contributed by atoms with Gasteiger partial charge in [0.2, 0.25) is 29.5 Å². The number of nitrogens with one attached hydrogen (secondary N) is 6. The first-order chi connectivity index (χ1) is 45.9. The van der Waals surface area contributed by atoms with Gasteiger partial charge in [-0.15, -0.1) is 23.2 Å². The minimum absolute atomic E-state index is 0.0167. The van der Waals surface area contributed by atoms with Crippen LogP contribution in [-0.4, -0.2) is 159 Å². The van der Waals surface area contributed by atoms with Gasteiger partial charge < -0.3 is 75.4 Å². The number of unbranched alkanes of at least 4 members (excludes halogenated alkanes) is 1. The molecule has 3 saturated carbocycles. The summed E-state index contributed by atoms with van der Waals surface area (Å²) in [4.78, 5) is 152. The topological polar surface area (TPSA) is 358 Å². The number of ether oxygens (including phenoxy) is 2. The second-order valence-electron chi connectivity index (χ2n) is 26.8. The molecule has 5 aliphatic rings. The number of nitrogens with two attached hydrogens (primary N) is 1. The van der Waals surface area contributed by atoms with Gasteiger partial charge in [-0.05, 0) is 124 Å². The number of ketones is 2. The highest BCUT2D eigenvalue weighted by atomic mass is 35.5. The van der Waals surface area contributed by atoms with Gasteiger partial charge in [-0.25, -0.2) is 14.2 Å². The van der Waals surface area contributed by atoms with E-state index in [-0.39, 0.29) is 122 Å². The Morgan fingerprint density at radius 2 is 1.28 bits per heavy atom. The van der Waals surface area contributed by atoms with Crippen LogP contribution in [-0.2, 0) is 49.5 Å². The third-order valence-electron chi connectivity index (χ3n) is 19.1. The number of primary amides is 1. The molecule has 2 bridgehead atoms. The van der Waals surface area contributed by atoms with Gasteiger partial charge in [-0.2, -0.15) is 0 Å². The summed E-state index contributed by atoms with van der Waals surface area (Å²) in [6.07, 6.45) is 5.66. The smallest absolute Gasteiger partial charge is 0.445 e. The minimum atomic E-state index is -4.98. The van der Waals surface area contributed by atoms with Crippen LogP contribution in [0.4, 0.5) is 26.7 Å². The van der Waals surface area contributed by atoms with E-state index in [0.29, 0.717) is 103 Å². The molecule has 3 aromatic carbocycles. The molecule has 524 valence electrons. The minimum Gasteiger partial charge on any atom is -0.445 e. The first kappa shape index (κ1) is 73.4. The summed E-state index contributed by atoms with van der Waals surface area (Å²) in [5.41, 5.74) is 10.2. The number of aromatic nitrogens is 2. The van der Waals surface area contributed by atoms with E-state index in [1.54, 1.807) is 79.2 Å². The van der Waals surface area contributed by atoms with Gasteiger partial charge in [0.15, 0.2) is 17.3 Å². The third-order valence-corrected chi connectivity index (χ3v) is 20.7. The summed E-state index contributed by atoms with van der Waals surface area (Å²) in [5, 5.41) is 12.6. The number of phosphoric acid groups is 1.